The van der Waals surface area contributed by atoms with Crippen molar-refractivity contribution in [2.24, 2.45) is 5.92 Å². The molecular weight excluding hydrogens is 357 g/mol. The highest BCUT2D eigenvalue weighted by atomic mass is 32.2. The fourth-order valence-electron chi connectivity index (χ4n) is 3.70. The zero-order valence-electron chi connectivity index (χ0n) is 15.1. The molecule has 0 radical (unpaired) electrons. The van der Waals surface area contributed by atoms with Gasteiger partial charge in [0.2, 0.25) is 15.9 Å². The summed E-state index contributed by atoms with van der Waals surface area (Å²) in [6.07, 6.45) is 2.65. The zero-order chi connectivity index (χ0) is 18.7. The average molecular weight is 383 g/mol. The molecule has 2 heterocycles. The van der Waals surface area contributed by atoms with Crippen molar-refractivity contribution in [1.82, 2.24) is 14.1 Å². The summed E-state index contributed by atoms with van der Waals surface area (Å²) >= 11 is 0. The number of carbonyl (C=O) groups excluding carboxylic acids is 1. The summed E-state index contributed by atoms with van der Waals surface area (Å²) in [6.45, 7) is 3.92. The third-order valence-corrected chi connectivity index (χ3v) is 6.51. The molecule has 0 spiro atoms. The molecule has 8 heteroatoms. The maximum Gasteiger partial charge on any atom is 0.227 e. The lowest BCUT2D eigenvalue weighted by Crippen LogP contribution is -2.52. The highest BCUT2D eigenvalue weighted by Crippen LogP contribution is 2.22. The number of benzene rings is 1. The van der Waals surface area contributed by atoms with Crippen LogP contribution in [0.1, 0.15) is 18.4 Å². The highest BCUT2D eigenvalue weighted by molar-refractivity contribution is 7.88. The molecular formula is C18H26FN3O3S. The lowest BCUT2D eigenvalue weighted by atomic mass is 9.97. The van der Waals surface area contributed by atoms with Gasteiger partial charge in [0.25, 0.3) is 0 Å². The first-order valence-electron chi connectivity index (χ1n) is 9.04. The van der Waals surface area contributed by atoms with Crippen molar-refractivity contribution in [3.05, 3.63) is 35.6 Å². The quantitative estimate of drug-likeness (QED) is 0.782. The number of hydrogen-bond acceptors (Lipinski definition) is 4. The van der Waals surface area contributed by atoms with Crippen molar-refractivity contribution in [2.75, 3.05) is 45.5 Å². The van der Waals surface area contributed by atoms with E-state index in [-0.39, 0.29) is 24.2 Å². The summed E-state index contributed by atoms with van der Waals surface area (Å²) in [5.74, 6) is -0.408. The summed E-state index contributed by atoms with van der Waals surface area (Å²) in [6, 6.07) is 6.76. The van der Waals surface area contributed by atoms with Crippen molar-refractivity contribution >= 4 is 15.9 Å². The van der Waals surface area contributed by atoms with Crippen molar-refractivity contribution < 1.29 is 17.6 Å². The molecule has 1 atom stereocenters. The summed E-state index contributed by atoms with van der Waals surface area (Å²) in [4.78, 5) is 16.7. The van der Waals surface area contributed by atoms with Crippen molar-refractivity contribution in [3.8, 4) is 0 Å². The fourth-order valence-corrected chi connectivity index (χ4v) is 4.61. The van der Waals surface area contributed by atoms with E-state index in [9.17, 15) is 17.6 Å². The minimum atomic E-state index is -3.25. The third kappa shape index (κ3) is 4.61. The Morgan fingerprint density at radius 3 is 2.50 bits per heavy atom. The number of piperazine rings is 1. The Morgan fingerprint density at radius 1 is 1.15 bits per heavy atom. The summed E-state index contributed by atoms with van der Waals surface area (Å²) < 4.78 is 38.7. The molecule has 3 rings (SSSR count). The van der Waals surface area contributed by atoms with E-state index in [1.165, 1.54) is 16.6 Å². The van der Waals surface area contributed by atoms with E-state index in [0.29, 0.717) is 44.8 Å². The molecule has 2 aliphatic heterocycles. The van der Waals surface area contributed by atoms with Crippen LogP contribution in [0.15, 0.2) is 24.3 Å². The Kier molecular flexibility index (Phi) is 5.94. The molecule has 26 heavy (non-hydrogen) atoms. The van der Waals surface area contributed by atoms with Gasteiger partial charge in [-0.05, 0) is 18.9 Å². The summed E-state index contributed by atoms with van der Waals surface area (Å²) in [5.41, 5.74) is 0.670. The predicted molar refractivity (Wildman–Crippen MR) is 97.4 cm³/mol. The number of rotatable bonds is 4. The fraction of sp³-hybridized carbons (Fsp3) is 0.611. The van der Waals surface area contributed by atoms with Gasteiger partial charge in [0.15, 0.2) is 0 Å². The van der Waals surface area contributed by atoms with Crippen LogP contribution >= 0.6 is 0 Å². The molecule has 2 aliphatic rings. The Morgan fingerprint density at radius 2 is 1.85 bits per heavy atom. The predicted octanol–water partition coefficient (Wildman–Crippen LogP) is 1.14. The maximum atomic E-state index is 13.8. The molecule has 2 saturated heterocycles. The standard InChI is InChI=1S/C18H26FN3O3S/c1-26(24,25)22-8-4-6-16(14-22)18(23)21-11-9-20(10-12-21)13-15-5-2-3-7-17(15)19/h2-3,5,7,16H,4,6,8-14H2,1H3/t16-/m0/s1. The highest BCUT2D eigenvalue weighted by Gasteiger charge is 2.33. The van der Waals surface area contributed by atoms with Gasteiger partial charge in [0.05, 0.1) is 12.2 Å². The number of sulfonamides is 1. The molecule has 0 bridgehead atoms. The van der Waals surface area contributed by atoms with Crippen LogP contribution in [0.25, 0.3) is 0 Å². The van der Waals surface area contributed by atoms with Gasteiger partial charge in [-0.25, -0.2) is 17.1 Å². The minimum Gasteiger partial charge on any atom is -0.340 e. The summed E-state index contributed by atoms with van der Waals surface area (Å²) in [7, 11) is -3.25. The maximum absolute atomic E-state index is 13.8. The van der Waals surface area contributed by atoms with Gasteiger partial charge < -0.3 is 4.90 Å². The van der Waals surface area contributed by atoms with Crippen LogP contribution in [-0.4, -0.2) is 74.0 Å². The molecule has 1 aromatic rings. The normalized spacial score (nSPS) is 23.2. The van der Waals surface area contributed by atoms with E-state index in [1.54, 1.807) is 12.1 Å². The number of carbonyl (C=O) groups is 1. The lowest BCUT2D eigenvalue weighted by Gasteiger charge is -2.38. The molecule has 1 aromatic carbocycles. The van der Waals surface area contributed by atoms with Gasteiger partial charge in [-0.2, -0.15) is 0 Å². The first-order chi connectivity index (χ1) is 12.3. The smallest absolute Gasteiger partial charge is 0.227 e. The second kappa shape index (κ2) is 8.02. The van der Waals surface area contributed by atoms with E-state index in [0.717, 1.165) is 12.8 Å². The van der Waals surface area contributed by atoms with Crippen molar-refractivity contribution in [1.29, 1.82) is 0 Å². The Labute approximate surface area is 154 Å². The first kappa shape index (κ1) is 19.3. The van der Waals surface area contributed by atoms with Gasteiger partial charge in [-0.1, -0.05) is 18.2 Å². The molecule has 0 unspecified atom stereocenters. The molecule has 0 N–H and O–H groups in total. The Balaban J connectivity index is 1.53. The van der Waals surface area contributed by atoms with Gasteiger partial charge in [-0.15, -0.1) is 0 Å². The largest absolute Gasteiger partial charge is 0.340 e. The third-order valence-electron chi connectivity index (χ3n) is 5.24. The molecule has 2 fully saturated rings. The van der Waals surface area contributed by atoms with E-state index in [1.807, 2.05) is 11.0 Å². The van der Waals surface area contributed by atoms with Gasteiger partial charge in [-0.3, -0.25) is 9.69 Å². The second-order valence-corrected chi connectivity index (χ2v) is 9.14. The number of nitrogens with zero attached hydrogens (tertiary/aromatic N) is 3. The average Bonchev–Trinajstić information content (AvgIpc) is 2.63. The van der Waals surface area contributed by atoms with E-state index >= 15 is 0 Å². The van der Waals surface area contributed by atoms with Crippen LogP contribution in [0.4, 0.5) is 4.39 Å². The van der Waals surface area contributed by atoms with Crippen LogP contribution in [0.3, 0.4) is 0 Å². The van der Waals surface area contributed by atoms with E-state index in [4.69, 9.17) is 0 Å². The Bertz CT molecular complexity index is 748. The monoisotopic (exact) mass is 383 g/mol. The van der Waals surface area contributed by atoms with Crippen molar-refractivity contribution in [3.63, 3.8) is 0 Å². The number of hydrogen-bond donors (Lipinski definition) is 0. The van der Waals surface area contributed by atoms with Crippen LogP contribution in [0, 0.1) is 11.7 Å². The molecule has 144 valence electrons. The molecule has 0 saturated carbocycles. The Hall–Kier alpha value is -1.51. The van der Waals surface area contributed by atoms with E-state index < -0.39 is 10.0 Å². The van der Waals surface area contributed by atoms with Gasteiger partial charge in [0.1, 0.15) is 5.82 Å². The molecule has 1 amide bonds. The topological polar surface area (TPSA) is 60.9 Å². The summed E-state index contributed by atoms with van der Waals surface area (Å²) in [5, 5.41) is 0. The van der Waals surface area contributed by atoms with Gasteiger partial charge in [0, 0.05) is 51.4 Å². The first-order valence-corrected chi connectivity index (χ1v) is 10.9. The lowest BCUT2D eigenvalue weighted by molar-refractivity contribution is -0.138. The van der Waals surface area contributed by atoms with Crippen LogP contribution in [0.2, 0.25) is 0 Å². The van der Waals surface area contributed by atoms with Crippen LogP contribution in [0.5, 0.6) is 0 Å². The van der Waals surface area contributed by atoms with Crippen LogP contribution in [-0.2, 0) is 21.4 Å². The van der Waals surface area contributed by atoms with Gasteiger partial charge >= 0.3 is 0 Å². The zero-order valence-corrected chi connectivity index (χ0v) is 15.9. The molecule has 0 aliphatic carbocycles. The van der Waals surface area contributed by atoms with E-state index in [2.05, 4.69) is 4.90 Å². The SMILES string of the molecule is CS(=O)(=O)N1CCC[C@H](C(=O)N2CCN(Cc3ccccc3F)CC2)C1. The second-order valence-electron chi connectivity index (χ2n) is 7.15. The minimum absolute atomic E-state index is 0.0453. The van der Waals surface area contributed by atoms with Crippen molar-refractivity contribution in [2.45, 2.75) is 19.4 Å². The number of amides is 1. The number of piperidine rings is 1. The van der Waals surface area contributed by atoms with Crippen LogP contribution < -0.4 is 0 Å². The number of halogens is 1. The molecule has 6 nitrogen and oxygen atoms in total. The molecule has 0 aromatic heterocycles.